The molecule has 35 heavy (non-hydrogen) atoms. The molecular weight excluding hydrogens is 459 g/mol. The van der Waals surface area contributed by atoms with Gasteiger partial charge in [0.15, 0.2) is 17.5 Å². The standard InChI is InChI=1S/C26H26F3N3O3/c27-20-10-16(11-21(28)24(20)29)13-32-22-14-31(9-7-18(22)19-2-1-8-30-25(19)32)23(33)12-15-3-5-17(6-4-15)26(34)35/h1-2,8,10-11,15,17H,3-7,9,12-14H2,(H,34,35). The van der Waals surface area contributed by atoms with Gasteiger partial charge in [0.25, 0.3) is 0 Å². The van der Waals surface area contributed by atoms with Gasteiger partial charge in [-0.15, -0.1) is 0 Å². The predicted octanol–water partition coefficient (Wildman–Crippen LogP) is 4.67. The number of halogens is 3. The van der Waals surface area contributed by atoms with E-state index in [0.717, 1.165) is 41.6 Å². The first kappa shape index (κ1) is 23.4. The molecule has 1 saturated carbocycles. The van der Waals surface area contributed by atoms with E-state index in [9.17, 15) is 27.9 Å². The van der Waals surface area contributed by atoms with E-state index in [1.54, 1.807) is 11.1 Å². The van der Waals surface area contributed by atoms with Crippen molar-refractivity contribution in [2.24, 2.45) is 11.8 Å². The highest BCUT2D eigenvalue weighted by molar-refractivity contribution is 5.84. The molecule has 0 unspecified atom stereocenters. The second-order valence-electron chi connectivity index (χ2n) is 9.58. The highest BCUT2D eigenvalue weighted by atomic mass is 19.2. The molecule has 6 nitrogen and oxygen atoms in total. The van der Waals surface area contributed by atoms with E-state index in [0.29, 0.717) is 44.4 Å². The van der Waals surface area contributed by atoms with Gasteiger partial charge in [0.05, 0.1) is 12.5 Å². The Morgan fingerprint density at radius 1 is 1.09 bits per heavy atom. The van der Waals surface area contributed by atoms with Crippen LogP contribution in [0.3, 0.4) is 0 Å². The topological polar surface area (TPSA) is 75.4 Å². The lowest BCUT2D eigenvalue weighted by molar-refractivity contribution is -0.143. The number of carboxylic acids is 1. The molecule has 1 amide bonds. The number of benzene rings is 1. The van der Waals surface area contributed by atoms with E-state index in [4.69, 9.17) is 0 Å². The van der Waals surface area contributed by atoms with Crippen molar-refractivity contribution in [2.75, 3.05) is 6.54 Å². The summed E-state index contributed by atoms with van der Waals surface area (Å²) in [5.74, 6) is -4.86. The maximum atomic E-state index is 13.9. The Balaban J connectivity index is 1.38. The highest BCUT2D eigenvalue weighted by Crippen LogP contribution is 2.34. The summed E-state index contributed by atoms with van der Waals surface area (Å²) >= 11 is 0. The maximum absolute atomic E-state index is 13.9. The van der Waals surface area contributed by atoms with Crippen molar-refractivity contribution in [1.82, 2.24) is 14.5 Å². The Kier molecular flexibility index (Phi) is 6.25. The monoisotopic (exact) mass is 485 g/mol. The number of amides is 1. The molecule has 1 aromatic carbocycles. The third-order valence-electron chi connectivity index (χ3n) is 7.41. The summed E-state index contributed by atoms with van der Waals surface area (Å²) in [6.45, 7) is 1.00. The van der Waals surface area contributed by atoms with Crippen molar-refractivity contribution in [3.8, 4) is 0 Å². The number of carbonyl (C=O) groups is 2. The average molecular weight is 486 g/mol. The number of hydrogen-bond donors (Lipinski definition) is 1. The lowest BCUT2D eigenvalue weighted by Crippen LogP contribution is -2.38. The van der Waals surface area contributed by atoms with Crippen molar-refractivity contribution in [3.63, 3.8) is 0 Å². The normalized spacial score (nSPS) is 20.1. The molecule has 184 valence electrons. The van der Waals surface area contributed by atoms with Crippen LogP contribution in [0.2, 0.25) is 0 Å². The molecule has 3 aromatic rings. The molecule has 0 radical (unpaired) electrons. The second-order valence-corrected chi connectivity index (χ2v) is 9.58. The zero-order valence-corrected chi connectivity index (χ0v) is 19.1. The van der Waals surface area contributed by atoms with E-state index in [2.05, 4.69) is 4.98 Å². The van der Waals surface area contributed by atoms with E-state index in [-0.39, 0.29) is 29.9 Å². The van der Waals surface area contributed by atoms with Crippen molar-refractivity contribution >= 4 is 22.9 Å². The average Bonchev–Trinajstić information content (AvgIpc) is 3.15. The molecule has 0 atom stereocenters. The molecule has 2 aliphatic rings. The Labute approximate surface area is 200 Å². The molecule has 1 N–H and O–H groups in total. The summed E-state index contributed by atoms with van der Waals surface area (Å²) in [6.07, 6.45) is 5.32. The molecule has 3 heterocycles. The van der Waals surface area contributed by atoms with Crippen molar-refractivity contribution in [3.05, 3.63) is 64.7 Å². The number of nitrogens with zero attached hydrogens (tertiary/aromatic N) is 3. The van der Waals surface area contributed by atoms with Crippen LogP contribution in [-0.2, 0) is 29.1 Å². The van der Waals surface area contributed by atoms with Gasteiger partial charge >= 0.3 is 5.97 Å². The first-order chi connectivity index (χ1) is 16.8. The highest BCUT2D eigenvalue weighted by Gasteiger charge is 2.31. The lowest BCUT2D eigenvalue weighted by atomic mass is 9.80. The van der Waals surface area contributed by atoms with E-state index >= 15 is 0 Å². The third kappa shape index (κ3) is 4.51. The molecular formula is C26H26F3N3O3. The summed E-state index contributed by atoms with van der Waals surface area (Å²) in [7, 11) is 0. The number of carbonyl (C=O) groups excluding carboxylic acids is 1. The third-order valence-corrected chi connectivity index (χ3v) is 7.41. The predicted molar refractivity (Wildman–Crippen MR) is 122 cm³/mol. The maximum Gasteiger partial charge on any atom is 0.306 e. The van der Waals surface area contributed by atoms with Crippen LogP contribution in [0, 0.1) is 29.3 Å². The van der Waals surface area contributed by atoms with Gasteiger partial charge in [-0.05, 0) is 73.4 Å². The minimum atomic E-state index is -1.50. The fourth-order valence-electron chi connectivity index (χ4n) is 5.51. The van der Waals surface area contributed by atoms with Crippen LogP contribution in [0.15, 0.2) is 30.5 Å². The van der Waals surface area contributed by atoms with Gasteiger partial charge < -0.3 is 14.6 Å². The summed E-state index contributed by atoms with van der Waals surface area (Å²) < 4.78 is 43.0. The van der Waals surface area contributed by atoms with Crippen molar-refractivity contribution < 1.29 is 27.9 Å². The zero-order valence-electron chi connectivity index (χ0n) is 19.1. The van der Waals surface area contributed by atoms with Crippen LogP contribution in [-0.4, -0.2) is 38.0 Å². The molecule has 1 fully saturated rings. The minimum Gasteiger partial charge on any atom is -0.481 e. The minimum absolute atomic E-state index is 0.0260. The van der Waals surface area contributed by atoms with Gasteiger partial charge in [0.2, 0.25) is 5.91 Å². The lowest BCUT2D eigenvalue weighted by Gasteiger charge is -2.31. The summed E-state index contributed by atoms with van der Waals surface area (Å²) in [4.78, 5) is 30.6. The number of aromatic nitrogens is 2. The first-order valence-corrected chi connectivity index (χ1v) is 11.9. The van der Waals surface area contributed by atoms with Gasteiger partial charge in [-0.2, -0.15) is 0 Å². The Bertz CT molecular complexity index is 1270. The van der Waals surface area contributed by atoms with Crippen LogP contribution in [0.4, 0.5) is 13.2 Å². The number of fused-ring (bicyclic) bond motifs is 3. The van der Waals surface area contributed by atoms with Gasteiger partial charge in [0.1, 0.15) is 5.65 Å². The Morgan fingerprint density at radius 3 is 2.49 bits per heavy atom. The van der Waals surface area contributed by atoms with Gasteiger partial charge in [-0.25, -0.2) is 18.2 Å². The molecule has 9 heteroatoms. The summed E-state index contributed by atoms with van der Waals surface area (Å²) in [5, 5.41) is 10.1. The Morgan fingerprint density at radius 2 is 1.80 bits per heavy atom. The van der Waals surface area contributed by atoms with Gasteiger partial charge in [0, 0.05) is 36.8 Å². The van der Waals surface area contributed by atoms with Crippen molar-refractivity contribution in [1.29, 1.82) is 0 Å². The van der Waals surface area contributed by atoms with Crippen LogP contribution in [0.25, 0.3) is 11.0 Å². The number of carboxylic acid groups (broad SMARTS) is 1. The molecule has 2 aromatic heterocycles. The van der Waals surface area contributed by atoms with Crippen LogP contribution < -0.4 is 0 Å². The Hall–Kier alpha value is -3.36. The fourth-order valence-corrected chi connectivity index (χ4v) is 5.51. The smallest absolute Gasteiger partial charge is 0.306 e. The second kappa shape index (κ2) is 9.36. The van der Waals surface area contributed by atoms with Gasteiger partial charge in [-0.3, -0.25) is 9.59 Å². The van der Waals surface area contributed by atoms with E-state index in [1.807, 2.05) is 16.7 Å². The quantitative estimate of drug-likeness (QED) is 0.533. The molecule has 5 rings (SSSR count). The van der Waals surface area contributed by atoms with Crippen molar-refractivity contribution in [2.45, 2.75) is 51.6 Å². The molecule has 0 spiro atoms. The number of pyridine rings is 1. The number of aliphatic carboxylic acids is 1. The largest absolute Gasteiger partial charge is 0.481 e. The van der Waals surface area contributed by atoms with Crippen LogP contribution >= 0.6 is 0 Å². The van der Waals surface area contributed by atoms with E-state index in [1.165, 1.54) is 0 Å². The zero-order chi connectivity index (χ0) is 24.7. The molecule has 0 saturated heterocycles. The number of hydrogen-bond acceptors (Lipinski definition) is 3. The number of rotatable bonds is 5. The van der Waals surface area contributed by atoms with Crippen LogP contribution in [0.5, 0.6) is 0 Å². The summed E-state index contributed by atoms with van der Waals surface area (Å²) in [6, 6.07) is 5.74. The molecule has 1 aliphatic heterocycles. The van der Waals surface area contributed by atoms with Gasteiger partial charge in [-0.1, -0.05) is 0 Å². The first-order valence-electron chi connectivity index (χ1n) is 11.9. The SMILES string of the molecule is O=C(O)C1CCC(CC(=O)N2CCc3c(n(Cc4cc(F)c(F)c(F)c4)c4ncccc34)C2)CC1. The fraction of sp³-hybridized carbons (Fsp3) is 0.423. The molecule has 0 bridgehead atoms. The summed E-state index contributed by atoms with van der Waals surface area (Å²) in [5.41, 5.74) is 2.84. The van der Waals surface area contributed by atoms with Crippen LogP contribution in [0.1, 0.15) is 48.9 Å². The molecule has 1 aliphatic carbocycles. The van der Waals surface area contributed by atoms with E-state index < -0.39 is 23.4 Å².